The molecule has 0 spiro atoms. The van der Waals surface area contributed by atoms with Crippen LogP contribution in [0, 0.1) is 11.5 Å². The molecule has 1 rings (SSSR count). The highest BCUT2D eigenvalue weighted by atomic mass is 28.3. The zero-order valence-corrected chi connectivity index (χ0v) is 18.8. The molecule has 1 fully saturated rings. The first-order chi connectivity index (χ1) is 13.3. The van der Waals surface area contributed by atoms with E-state index in [4.69, 9.17) is 23.7 Å². The summed E-state index contributed by atoms with van der Waals surface area (Å²) in [6, 6.07) is 0. The van der Waals surface area contributed by atoms with E-state index in [1.807, 2.05) is 19.6 Å². The van der Waals surface area contributed by atoms with Gasteiger partial charge in [-0.05, 0) is 0 Å². The van der Waals surface area contributed by atoms with Gasteiger partial charge in [-0.25, -0.2) is 0 Å². The normalized spacial score (nSPS) is 26.4. The summed E-state index contributed by atoms with van der Waals surface area (Å²) in [6.07, 6.45) is -5.42. The van der Waals surface area contributed by atoms with Crippen LogP contribution in [0.1, 0.15) is 27.7 Å². The Morgan fingerprint density at radius 2 is 1.28 bits per heavy atom. The molecule has 0 aromatic carbocycles. The molecule has 0 bridgehead atoms. The van der Waals surface area contributed by atoms with E-state index in [1.165, 1.54) is 27.7 Å². The molecule has 1 aliphatic rings. The van der Waals surface area contributed by atoms with Crippen molar-refractivity contribution < 1.29 is 42.9 Å². The molecule has 10 heteroatoms. The van der Waals surface area contributed by atoms with Crippen molar-refractivity contribution in [1.82, 2.24) is 0 Å². The fraction of sp³-hybridized carbons (Fsp3) is 0.684. The maximum Gasteiger partial charge on any atom is 0.303 e. The van der Waals surface area contributed by atoms with E-state index in [0.717, 1.165) is 0 Å². The van der Waals surface area contributed by atoms with E-state index >= 15 is 0 Å². The van der Waals surface area contributed by atoms with Gasteiger partial charge in [-0.15, -0.1) is 5.54 Å². The van der Waals surface area contributed by atoms with Crippen LogP contribution in [0.25, 0.3) is 0 Å². The number of rotatable bonds is 5. The summed E-state index contributed by atoms with van der Waals surface area (Å²) in [4.78, 5) is 46.3. The highest BCUT2D eigenvalue weighted by molar-refractivity contribution is 6.83. The minimum absolute atomic E-state index is 0.261. The largest absolute Gasteiger partial charge is 0.463 e. The lowest BCUT2D eigenvalue weighted by molar-refractivity contribution is -0.242. The van der Waals surface area contributed by atoms with Crippen LogP contribution in [-0.4, -0.2) is 69.1 Å². The van der Waals surface area contributed by atoms with Gasteiger partial charge in [0.2, 0.25) is 0 Å². The summed E-state index contributed by atoms with van der Waals surface area (Å²) in [7, 11) is -1.83. The fourth-order valence-corrected chi connectivity index (χ4v) is 3.21. The summed E-state index contributed by atoms with van der Waals surface area (Å²) >= 11 is 0. The molecule has 1 saturated heterocycles. The van der Waals surface area contributed by atoms with E-state index in [9.17, 15) is 19.2 Å². The molecule has 0 aliphatic carbocycles. The monoisotopic (exact) mass is 428 g/mol. The molecule has 0 aromatic rings. The van der Waals surface area contributed by atoms with Gasteiger partial charge < -0.3 is 23.7 Å². The van der Waals surface area contributed by atoms with Gasteiger partial charge in [0.05, 0.1) is 0 Å². The number of hydrogen-bond donors (Lipinski definition) is 0. The van der Waals surface area contributed by atoms with Gasteiger partial charge in [0.15, 0.2) is 24.4 Å². The Labute approximate surface area is 171 Å². The molecule has 29 heavy (non-hydrogen) atoms. The van der Waals surface area contributed by atoms with Gasteiger partial charge in [0, 0.05) is 27.7 Å². The molecule has 0 N–H and O–H groups in total. The van der Waals surface area contributed by atoms with Crippen molar-refractivity contribution in [2.75, 3.05) is 6.61 Å². The van der Waals surface area contributed by atoms with Gasteiger partial charge in [-0.3, -0.25) is 19.2 Å². The highest BCUT2D eigenvalue weighted by Gasteiger charge is 2.51. The van der Waals surface area contributed by atoms with Crippen molar-refractivity contribution in [2.45, 2.75) is 77.9 Å². The summed E-state index contributed by atoms with van der Waals surface area (Å²) in [5.74, 6) is 0.403. The van der Waals surface area contributed by atoms with E-state index in [-0.39, 0.29) is 6.61 Å². The van der Waals surface area contributed by atoms with Crippen LogP contribution in [0.5, 0.6) is 0 Å². The zero-order chi connectivity index (χ0) is 22.4. The fourth-order valence-electron chi connectivity index (χ4n) is 2.63. The highest BCUT2D eigenvalue weighted by Crippen LogP contribution is 2.29. The van der Waals surface area contributed by atoms with Crippen molar-refractivity contribution in [1.29, 1.82) is 0 Å². The molecule has 0 unspecified atom stereocenters. The average Bonchev–Trinajstić information content (AvgIpc) is 2.53. The molecule has 162 valence electrons. The summed E-state index contributed by atoms with van der Waals surface area (Å²) in [5, 5.41) is 0. The number of carbonyl (C=O) groups is 4. The van der Waals surface area contributed by atoms with Crippen LogP contribution in [-0.2, 0) is 42.9 Å². The second-order valence-corrected chi connectivity index (χ2v) is 12.4. The lowest BCUT2D eigenvalue weighted by atomic mass is 9.94. The Bertz CT molecular complexity index is 701. The Kier molecular flexibility index (Phi) is 8.85. The third kappa shape index (κ3) is 8.66. The Balaban J connectivity index is 3.41. The first-order valence-electron chi connectivity index (χ1n) is 9.13. The van der Waals surface area contributed by atoms with Gasteiger partial charge >= 0.3 is 23.9 Å². The van der Waals surface area contributed by atoms with Crippen molar-refractivity contribution in [3.05, 3.63) is 0 Å². The Hall–Kier alpha value is -2.38. The molecule has 0 aromatic heterocycles. The second kappa shape index (κ2) is 10.4. The third-order valence-corrected chi connectivity index (χ3v) is 4.47. The molecule has 1 heterocycles. The molecule has 0 saturated carbocycles. The van der Waals surface area contributed by atoms with E-state index in [1.54, 1.807) is 0 Å². The quantitative estimate of drug-likeness (QED) is 0.274. The van der Waals surface area contributed by atoms with Crippen LogP contribution < -0.4 is 0 Å². The minimum atomic E-state index is -1.83. The molecule has 0 amide bonds. The van der Waals surface area contributed by atoms with Crippen molar-refractivity contribution >= 4 is 32.0 Å². The lowest BCUT2D eigenvalue weighted by Gasteiger charge is -2.43. The standard InChI is InChI=1S/C19H28O9Si/c1-11(20)24-10-16-18(26-13(3)22)19(27-14(4)23)17(25-12(2)21)15(28-16)8-9-29(5,6)7/h15-19H,10H2,1-7H3/t15-,16+,17-,18-,19-/m1/s1. The van der Waals surface area contributed by atoms with Crippen LogP contribution in [0.2, 0.25) is 19.6 Å². The average molecular weight is 429 g/mol. The Morgan fingerprint density at radius 3 is 1.72 bits per heavy atom. The topological polar surface area (TPSA) is 114 Å². The van der Waals surface area contributed by atoms with Gasteiger partial charge in [0.1, 0.15) is 20.8 Å². The molecular weight excluding hydrogens is 400 g/mol. The van der Waals surface area contributed by atoms with Crippen LogP contribution in [0.15, 0.2) is 0 Å². The van der Waals surface area contributed by atoms with E-state index in [2.05, 4.69) is 11.5 Å². The minimum Gasteiger partial charge on any atom is -0.463 e. The number of esters is 4. The van der Waals surface area contributed by atoms with E-state index < -0.39 is 62.5 Å². The first-order valence-corrected chi connectivity index (χ1v) is 12.6. The predicted octanol–water partition coefficient (Wildman–Crippen LogP) is 0.993. The number of ether oxygens (including phenoxy) is 5. The zero-order valence-electron chi connectivity index (χ0n) is 17.8. The maximum absolute atomic E-state index is 11.7. The molecular formula is C19H28O9Si. The van der Waals surface area contributed by atoms with Gasteiger partial charge in [0.25, 0.3) is 0 Å². The van der Waals surface area contributed by atoms with Crippen LogP contribution in [0.3, 0.4) is 0 Å². The van der Waals surface area contributed by atoms with Crippen molar-refractivity contribution in [2.24, 2.45) is 0 Å². The molecule has 9 nitrogen and oxygen atoms in total. The number of carbonyl (C=O) groups excluding carboxylic acids is 4. The summed E-state index contributed by atoms with van der Waals surface area (Å²) in [5.41, 5.74) is 3.13. The van der Waals surface area contributed by atoms with Gasteiger partial charge in [-0.2, -0.15) is 0 Å². The second-order valence-electron chi connectivity index (χ2n) is 7.64. The van der Waals surface area contributed by atoms with Crippen molar-refractivity contribution in [3.8, 4) is 11.5 Å². The van der Waals surface area contributed by atoms with Gasteiger partial charge in [-0.1, -0.05) is 25.6 Å². The Morgan fingerprint density at radius 1 is 0.793 bits per heavy atom. The predicted molar refractivity (Wildman–Crippen MR) is 103 cm³/mol. The molecule has 5 atom stereocenters. The number of hydrogen-bond acceptors (Lipinski definition) is 9. The lowest BCUT2D eigenvalue weighted by Crippen LogP contribution is -2.62. The summed E-state index contributed by atoms with van der Waals surface area (Å²) in [6.45, 7) is 10.6. The third-order valence-electron chi connectivity index (χ3n) is 3.58. The maximum atomic E-state index is 11.7. The van der Waals surface area contributed by atoms with E-state index in [0.29, 0.717) is 0 Å². The molecule has 1 aliphatic heterocycles. The first kappa shape index (κ1) is 24.7. The van der Waals surface area contributed by atoms with Crippen LogP contribution >= 0.6 is 0 Å². The summed E-state index contributed by atoms with van der Waals surface area (Å²) < 4.78 is 26.9. The smallest absolute Gasteiger partial charge is 0.303 e. The molecule has 0 radical (unpaired) electrons. The van der Waals surface area contributed by atoms with Crippen LogP contribution in [0.4, 0.5) is 0 Å². The SMILES string of the molecule is CC(=O)OC[C@@H]1O[C@H](C#C[Si](C)(C)C)[C@@H](OC(C)=O)[C@@H](OC(C)=O)[C@@H]1OC(C)=O. The van der Waals surface area contributed by atoms with Crippen molar-refractivity contribution in [3.63, 3.8) is 0 Å².